The zero-order valence-corrected chi connectivity index (χ0v) is 35.9. The molecule has 1 amide bonds. The van der Waals surface area contributed by atoms with Crippen molar-refractivity contribution < 1.29 is 28.4 Å². The molecule has 53 heavy (non-hydrogen) atoms. The van der Waals surface area contributed by atoms with Crippen LogP contribution in [0.4, 0.5) is 0 Å². The highest BCUT2D eigenvalue weighted by atomic mass is 31.2. The van der Waals surface area contributed by atoms with E-state index in [4.69, 9.17) is 14.8 Å². The van der Waals surface area contributed by atoms with E-state index in [1.165, 1.54) is 167 Å². The van der Waals surface area contributed by atoms with Crippen LogP contribution >= 0.6 is 7.82 Å². The molecule has 0 aromatic heterocycles. The third-order valence-corrected chi connectivity index (χ3v) is 11.4. The van der Waals surface area contributed by atoms with Crippen molar-refractivity contribution >= 4 is 13.7 Å². The quantitative estimate of drug-likeness (QED) is 0.0276. The number of unbranched alkanes of at least 4 members (excludes halogenated alkanes) is 29. The van der Waals surface area contributed by atoms with Crippen LogP contribution in [0.15, 0.2) is 12.2 Å². The van der Waals surface area contributed by atoms with Crippen LogP contribution in [-0.2, 0) is 18.4 Å². The van der Waals surface area contributed by atoms with E-state index in [9.17, 15) is 19.4 Å². The summed E-state index contributed by atoms with van der Waals surface area (Å²) >= 11 is 0. The normalized spacial score (nSPS) is 14.1. The lowest BCUT2D eigenvalue weighted by atomic mass is 10.0. The second-order valence-electron chi connectivity index (χ2n) is 15.6. The summed E-state index contributed by atoms with van der Waals surface area (Å²) in [4.78, 5) is 22.7. The zero-order chi connectivity index (χ0) is 38.9. The average Bonchev–Trinajstić information content (AvgIpc) is 3.14. The third kappa shape index (κ3) is 39.3. The highest BCUT2D eigenvalue weighted by Crippen LogP contribution is 2.43. The fourth-order valence-electron chi connectivity index (χ4n) is 6.90. The first kappa shape index (κ1) is 52.2. The van der Waals surface area contributed by atoms with Crippen LogP contribution in [0.5, 0.6) is 0 Å². The molecule has 0 radical (unpaired) electrons. The Bertz CT molecular complexity index is 845. The van der Waals surface area contributed by atoms with Crippen molar-refractivity contribution in [3.8, 4) is 0 Å². The van der Waals surface area contributed by atoms with E-state index in [0.717, 1.165) is 38.5 Å². The molecule has 0 saturated heterocycles. The number of hydrogen-bond donors (Lipinski definition) is 4. The van der Waals surface area contributed by atoms with Gasteiger partial charge in [-0.3, -0.25) is 13.8 Å². The number of carbonyl (C=O) groups is 1. The standard InChI is InChI=1S/C44H89N2O6P/c1-3-5-7-9-11-13-15-17-18-19-20-21-22-23-24-26-28-30-32-34-36-38-44(48)46-42(41-52-53(49,50)51-40-39-45)43(47)37-35-33-31-29-27-25-16-14-12-10-8-6-4-2/h19-20,42-43,47H,3-18,21-41,45H2,1-2H3,(H,46,48)(H,49,50)/b20-19-. The number of carbonyl (C=O) groups excluding carboxylic acids is 1. The first-order chi connectivity index (χ1) is 25.9. The fourth-order valence-corrected chi connectivity index (χ4v) is 7.66. The van der Waals surface area contributed by atoms with Gasteiger partial charge in [0.15, 0.2) is 0 Å². The molecule has 0 aromatic carbocycles. The van der Waals surface area contributed by atoms with Crippen LogP contribution in [0.3, 0.4) is 0 Å². The van der Waals surface area contributed by atoms with Crippen molar-refractivity contribution in [2.45, 2.75) is 244 Å². The summed E-state index contributed by atoms with van der Waals surface area (Å²) in [5, 5.41) is 13.8. The van der Waals surface area contributed by atoms with E-state index in [1.54, 1.807) is 0 Å². The van der Waals surface area contributed by atoms with Crippen LogP contribution in [0.2, 0.25) is 0 Å². The van der Waals surface area contributed by atoms with E-state index in [0.29, 0.717) is 12.8 Å². The Morgan fingerprint density at radius 1 is 0.604 bits per heavy atom. The molecule has 9 heteroatoms. The van der Waals surface area contributed by atoms with Gasteiger partial charge in [0.05, 0.1) is 25.4 Å². The van der Waals surface area contributed by atoms with Crippen LogP contribution in [0.1, 0.15) is 232 Å². The minimum Gasteiger partial charge on any atom is -0.391 e. The second kappa shape index (κ2) is 40.9. The molecule has 0 spiro atoms. The van der Waals surface area contributed by atoms with Crippen molar-refractivity contribution in [2.75, 3.05) is 19.8 Å². The summed E-state index contributed by atoms with van der Waals surface area (Å²) in [7, 11) is -4.31. The summed E-state index contributed by atoms with van der Waals surface area (Å²) in [5.74, 6) is -0.162. The number of amides is 1. The maximum Gasteiger partial charge on any atom is 0.472 e. The maximum atomic E-state index is 12.8. The number of phosphoric ester groups is 1. The largest absolute Gasteiger partial charge is 0.472 e. The highest BCUT2D eigenvalue weighted by molar-refractivity contribution is 7.47. The molecule has 0 aliphatic carbocycles. The van der Waals surface area contributed by atoms with Crippen LogP contribution < -0.4 is 11.1 Å². The first-order valence-electron chi connectivity index (χ1n) is 22.8. The lowest BCUT2D eigenvalue weighted by Crippen LogP contribution is -2.46. The number of aliphatic hydroxyl groups is 1. The number of hydrogen-bond acceptors (Lipinski definition) is 6. The minimum absolute atomic E-state index is 0.0903. The predicted molar refractivity (Wildman–Crippen MR) is 226 cm³/mol. The van der Waals surface area contributed by atoms with Crippen molar-refractivity contribution in [1.29, 1.82) is 0 Å². The molecule has 0 heterocycles. The van der Waals surface area contributed by atoms with E-state index >= 15 is 0 Å². The molecule has 5 N–H and O–H groups in total. The molecular formula is C44H89N2O6P. The van der Waals surface area contributed by atoms with Gasteiger partial charge in [0.1, 0.15) is 0 Å². The predicted octanol–water partition coefficient (Wildman–Crippen LogP) is 12.8. The topological polar surface area (TPSA) is 131 Å². The van der Waals surface area contributed by atoms with Gasteiger partial charge >= 0.3 is 7.82 Å². The Hall–Kier alpha value is -0.760. The Labute approximate surface area is 328 Å². The van der Waals surface area contributed by atoms with Gasteiger partial charge in [-0.1, -0.05) is 199 Å². The number of nitrogens with two attached hydrogens (primary N) is 1. The monoisotopic (exact) mass is 773 g/mol. The van der Waals surface area contributed by atoms with Crippen molar-refractivity contribution in [2.24, 2.45) is 5.73 Å². The van der Waals surface area contributed by atoms with Gasteiger partial charge in [-0.05, 0) is 38.5 Å². The van der Waals surface area contributed by atoms with Gasteiger partial charge in [0.25, 0.3) is 0 Å². The molecular weight excluding hydrogens is 683 g/mol. The maximum absolute atomic E-state index is 12.8. The van der Waals surface area contributed by atoms with E-state index in [1.807, 2.05) is 0 Å². The minimum atomic E-state index is -4.31. The van der Waals surface area contributed by atoms with Gasteiger partial charge in [-0.15, -0.1) is 0 Å². The van der Waals surface area contributed by atoms with Gasteiger partial charge in [-0.2, -0.15) is 0 Å². The molecule has 0 aliphatic rings. The molecule has 316 valence electrons. The summed E-state index contributed by atoms with van der Waals surface area (Å²) in [6.45, 7) is 4.22. The van der Waals surface area contributed by atoms with Crippen molar-refractivity contribution in [3.63, 3.8) is 0 Å². The lowest BCUT2D eigenvalue weighted by molar-refractivity contribution is -0.123. The highest BCUT2D eigenvalue weighted by Gasteiger charge is 2.27. The van der Waals surface area contributed by atoms with Gasteiger partial charge < -0.3 is 21.1 Å². The second-order valence-corrected chi connectivity index (χ2v) is 17.1. The van der Waals surface area contributed by atoms with Gasteiger partial charge in [0, 0.05) is 13.0 Å². The Balaban J connectivity index is 4.07. The number of nitrogens with one attached hydrogen (secondary N) is 1. The van der Waals surface area contributed by atoms with Crippen LogP contribution in [0, 0.1) is 0 Å². The van der Waals surface area contributed by atoms with Crippen molar-refractivity contribution in [1.82, 2.24) is 5.32 Å². The summed E-state index contributed by atoms with van der Waals surface area (Å²) in [6.07, 6.45) is 45.1. The van der Waals surface area contributed by atoms with Gasteiger partial charge in [0.2, 0.25) is 5.91 Å². The molecule has 3 unspecified atom stereocenters. The summed E-state index contributed by atoms with van der Waals surface area (Å²) in [6, 6.07) is -0.771. The molecule has 8 nitrogen and oxygen atoms in total. The molecule has 0 fully saturated rings. The Morgan fingerprint density at radius 3 is 1.40 bits per heavy atom. The molecule has 0 bridgehead atoms. The molecule has 0 rings (SSSR count). The lowest BCUT2D eigenvalue weighted by Gasteiger charge is -2.25. The van der Waals surface area contributed by atoms with E-state index in [2.05, 4.69) is 31.3 Å². The molecule has 0 aromatic rings. The molecule has 0 saturated carbocycles. The number of aliphatic hydroxyl groups excluding tert-OH is 1. The smallest absolute Gasteiger partial charge is 0.391 e. The third-order valence-electron chi connectivity index (χ3n) is 10.4. The van der Waals surface area contributed by atoms with E-state index in [-0.39, 0.29) is 25.7 Å². The van der Waals surface area contributed by atoms with E-state index < -0.39 is 20.0 Å². The Morgan fingerprint density at radius 2 is 0.981 bits per heavy atom. The first-order valence-corrected chi connectivity index (χ1v) is 24.3. The van der Waals surface area contributed by atoms with Crippen LogP contribution in [0.25, 0.3) is 0 Å². The number of rotatable bonds is 43. The Kier molecular flexibility index (Phi) is 40.3. The fraction of sp³-hybridized carbons (Fsp3) is 0.932. The molecule has 3 atom stereocenters. The summed E-state index contributed by atoms with van der Waals surface area (Å²) in [5.41, 5.74) is 5.38. The molecule has 0 aliphatic heterocycles. The van der Waals surface area contributed by atoms with Crippen LogP contribution in [-0.4, -0.2) is 47.8 Å². The average molecular weight is 773 g/mol. The number of allylic oxidation sites excluding steroid dienone is 2. The van der Waals surface area contributed by atoms with Crippen molar-refractivity contribution in [3.05, 3.63) is 12.2 Å². The summed E-state index contributed by atoms with van der Waals surface area (Å²) < 4.78 is 22.2. The zero-order valence-electron chi connectivity index (χ0n) is 35.0. The number of phosphoric acid groups is 1. The SMILES string of the molecule is CCCCCCCCCC/C=C\CCCCCCCCCCCC(=O)NC(COP(=O)(O)OCCN)C(O)CCCCCCCCCCCCCCC. The van der Waals surface area contributed by atoms with Gasteiger partial charge in [-0.25, -0.2) is 4.57 Å².